The minimum absolute atomic E-state index is 0.0200. The Morgan fingerprint density at radius 2 is 1.90 bits per heavy atom. The lowest BCUT2D eigenvalue weighted by molar-refractivity contribution is -0.0719. The highest BCUT2D eigenvalue weighted by Gasteiger charge is 2.36. The summed E-state index contributed by atoms with van der Waals surface area (Å²) in [7, 11) is 0. The van der Waals surface area contributed by atoms with Crippen LogP contribution in [0.1, 0.15) is 39.2 Å². The molecule has 0 saturated heterocycles. The summed E-state index contributed by atoms with van der Waals surface area (Å²) >= 11 is 12.3. The van der Waals surface area contributed by atoms with Gasteiger partial charge in [0.2, 0.25) is 0 Å². The fourth-order valence-corrected chi connectivity index (χ4v) is 3.06. The van der Waals surface area contributed by atoms with Gasteiger partial charge in [-0.3, -0.25) is 11.3 Å². The highest BCUT2D eigenvalue weighted by atomic mass is 35.5. The Bertz CT molecular complexity index is 422. The van der Waals surface area contributed by atoms with Gasteiger partial charge < -0.3 is 4.74 Å². The molecule has 1 rings (SSSR count). The number of hydrogen-bond donors (Lipinski definition) is 2. The Balaban J connectivity index is 3.03. The van der Waals surface area contributed by atoms with Crippen LogP contribution in [0.2, 0.25) is 10.0 Å². The zero-order valence-electron chi connectivity index (χ0n) is 12.4. The van der Waals surface area contributed by atoms with Crippen LogP contribution >= 0.6 is 23.2 Å². The van der Waals surface area contributed by atoms with Crippen molar-refractivity contribution >= 4 is 23.2 Å². The molecule has 0 bridgehead atoms. The van der Waals surface area contributed by atoms with E-state index in [4.69, 9.17) is 33.8 Å². The molecule has 5 heteroatoms. The van der Waals surface area contributed by atoms with E-state index in [2.05, 4.69) is 19.3 Å². The van der Waals surface area contributed by atoms with E-state index in [0.29, 0.717) is 23.1 Å². The average Bonchev–Trinajstić information content (AvgIpc) is 2.47. The van der Waals surface area contributed by atoms with Gasteiger partial charge in [0.05, 0.1) is 21.7 Å². The second kappa shape index (κ2) is 8.20. The molecule has 1 aromatic rings. The first-order chi connectivity index (χ1) is 9.54. The lowest BCUT2D eigenvalue weighted by atomic mass is 9.84. The molecule has 1 atom stereocenters. The molecule has 0 aliphatic heterocycles. The van der Waals surface area contributed by atoms with Crippen molar-refractivity contribution in [3.8, 4) is 0 Å². The van der Waals surface area contributed by atoms with Crippen LogP contribution in [0.5, 0.6) is 0 Å². The Morgan fingerprint density at radius 3 is 2.40 bits per heavy atom. The van der Waals surface area contributed by atoms with Crippen LogP contribution < -0.4 is 11.3 Å². The first kappa shape index (κ1) is 17.7. The summed E-state index contributed by atoms with van der Waals surface area (Å²) in [5, 5.41) is 1.15. The topological polar surface area (TPSA) is 47.3 Å². The molecule has 3 nitrogen and oxygen atoms in total. The van der Waals surface area contributed by atoms with Crippen molar-refractivity contribution in [3.63, 3.8) is 0 Å². The van der Waals surface area contributed by atoms with Gasteiger partial charge in [0.25, 0.3) is 0 Å². The molecule has 3 N–H and O–H groups in total. The van der Waals surface area contributed by atoms with Gasteiger partial charge in [-0.05, 0) is 37.8 Å². The van der Waals surface area contributed by atoms with Crippen molar-refractivity contribution in [2.24, 2.45) is 5.84 Å². The molecule has 0 radical (unpaired) electrons. The Kier molecular flexibility index (Phi) is 7.27. The van der Waals surface area contributed by atoms with Crippen LogP contribution in [-0.4, -0.2) is 18.2 Å². The van der Waals surface area contributed by atoms with Gasteiger partial charge in [0.15, 0.2) is 0 Å². The Labute approximate surface area is 131 Å². The van der Waals surface area contributed by atoms with E-state index in [-0.39, 0.29) is 11.6 Å². The van der Waals surface area contributed by atoms with Gasteiger partial charge >= 0.3 is 0 Å². The highest BCUT2D eigenvalue weighted by Crippen LogP contribution is 2.31. The van der Waals surface area contributed by atoms with E-state index in [1.165, 1.54) is 0 Å². The number of rotatable bonds is 8. The largest absolute Gasteiger partial charge is 0.374 e. The summed E-state index contributed by atoms with van der Waals surface area (Å²) in [6, 6.07) is 5.64. The van der Waals surface area contributed by atoms with E-state index in [1.54, 1.807) is 6.07 Å². The van der Waals surface area contributed by atoms with E-state index < -0.39 is 0 Å². The molecule has 0 heterocycles. The van der Waals surface area contributed by atoms with Crippen molar-refractivity contribution in [2.45, 2.75) is 51.7 Å². The molecule has 0 saturated carbocycles. The maximum atomic E-state index is 6.27. The SMILES string of the molecule is CCOC(CC)(CC)C(Cc1cccc(Cl)c1Cl)NN. The van der Waals surface area contributed by atoms with E-state index >= 15 is 0 Å². The van der Waals surface area contributed by atoms with Crippen LogP contribution in [0.25, 0.3) is 0 Å². The summed E-state index contributed by atoms with van der Waals surface area (Å²) in [5.41, 5.74) is 3.58. The molecule has 0 aromatic heterocycles. The number of nitrogens with two attached hydrogens (primary N) is 1. The van der Waals surface area contributed by atoms with Crippen LogP contribution in [0, 0.1) is 0 Å². The zero-order valence-corrected chi connectivity index (χ0v) is 13.9. The number of hydrazine groups is 1. The van der Waals surface area contributed by atoms with Crippen LogP contribution in [0.4, 0.5) is 0 Å². The summed E-state index contributed by atoms with van der Waals surface area (Å²) < 4.78 is 6.00. The smallest absolute Gasteiger partial charge is 0.0846 e. The van der Waals surface area contributed by atoms with Crippen molar-refractivity contribution < 1.29 is 4.74 Å². The van der Waals surface area contributed by atoms with Crippen LogP contribution in [0.3, 0.4) is 0 Å². The van der Waals surface area contributed by atoms with Gasteiger partial charge in [-0.25, -0.2) is 0 Å². The predicted molar refractivity (Wildman–Crippen MR) is 86.2 cm³/mol. The maximum Gasteiger partial charge on any atom is 0.0846 e. The molecule has 1 unspecified atom stereocenters. The van der Waals surface area contributed by atoms with Gasteiger partial charge in [0, 0.05) is 6.61 Å². The third-order valence-corrected chi connectivity index (χ3v) is 4.78. The lowest BCUT2D eigenvalue weighted by Gasteiger charge is -2.39. The Hall–Kier alpha value is -0.320. The van der Waals surface area contributed by atoms with Gasteiger partial charge in [-0.1, -0.05) is 49.2 Å². The summed E-state index contributed by atoms with van der Waals surface area (Å²) in [6.07, 6.45) is 2.44. The average molecular weight is 319 g/mol. The standard InChI is InChI=1S/C15H24Cl2N2O/c1-4-15(5-2,20-6-3)13(19-18)10-11-8-7-9-12(16)14(11)17/h7-9,13,19H,4-6,10,18H2,1-3H3. The number of hydrogen-bond acceptors (Lipinski definition) is 3. The number of benzene rings is 1. The lowest BCUT2D eigenvalue weighted by Crippen LogP contribution is -2.55. The summed E-state index contributed by atoms with van der Waals surface area (Å²) in [5.74, 6) is 5.77. The fraction of sp³-hybridized carbons (Fsp3) is 0.600. The second-order valence-electron chi connectivity index (χ2n) is 4.84. The second-order valence-corrected chi connectivity index (χ2v) is 5.63. The van der Waals surface area contributed by atoms with Crippen molar-refractivity contribution in [3.05, 3.63) is 33.8 Å². The van der Waals surface area contributed by atoms with Crippen LogP contribution in [0.15, 0.2) is 18.2 Å². The summed E-state index contributed by atoms with van der Waals surface area (Å²) in [6.45, 7) is 6.88. The van der Waals surface area contributed by atoms with Gasteiger partial charge in [-0.15, -0.1) is 0 Å². The number of nitrogens with one attached hydrogen (secondary N) is 1. The number of ether oxygens (including phenoxy) is 1. The van der Waals surface area contributed by atoms with Gasteiger partial charge in [0.1, 0.15) is 0 Å². The third kappa shape index (κ3) is 3.86. The minimum Gasteiger partial charge on any atom is -0.374 e. The first-order valence-electron chi connectivity index (χ1n) is 7.07. The quantitative estimate of drug-likeness (QED) is 0.563. The fourth-order valence-electron chi connectivity index (χ4n) is 2.66. The Morgan fingerprint density at radius 1 is 1.25 bits per heavy atom. The summed E-state index contributed by atoms with van der Waals surface area (Å²) in [4.78, 5) is 0. The molecule has 1 aromatic carbocycles. The van der Waals surface area contributed by atoms with E-state index in [9.17, 15) is 0 Å². The molecular weight excluding hydrogens is 295 g/mol. The maximum absolute atomic E-state index is 6.27. The van der Waals surface area contributed by atoms with Crippen LogP contribution in [-0.2, 0) is 11.2 Å². The molecule has 114 valence electrons. The molecule has 0 amide bonds. The van der Waals surface area contributed by atoms with Gasteiger partial charge in [-0.2, -0.15) is 0 Å². The predicted octanol–water partition coefficient (Wildman–Crippen LogP) is 3.96. The first-order valence-corrected chi connectivity index (χ1v) is 7.83. The normalized spacial score (nSPS) is 13.5. The number of halogens is 2. The van der Waals surface area contributed by atoms with Crippen molar-refractivity contribution in [1.82, 2.24) is 5.43 Å². The molecular formula is C15H24Cl2N2O. The monoisotopic (exact) mass is 318 g/mol. The molecule has 0 spiro atoms. The zero-order chi connectivity index (χ0) is 15.2. The van der Waals surface area contributed by atoms with E-state index in [1.807, 2.05) is 19.1 Å². The molecule has 0 aliphatic rings. The van der Waals surface area contributed by atoms with E-state index in [0.717, 1.165) is 18.4 Å². The molecule has 0 aliphatic carbocycles. The van der Waals surface area contributed by atoms with Crippen molar-refractivity contribution in [1.29, 1.82) is 0 Å². The molecule has 20 heavy (non-hydrogen) atoms. The minimum atomic E-state index is -0.296. The highest BCUT2D eigenvalue weighted by molar-refractivity contribution is 6.42. The third-order valence-electron chi connectivity index (χ3n) is 3.92. The molecule has 0 fully saturated rings. The van der Waals surface area contributed by atoms with Crippen molar-refractivity contribution in [2.75, 3.05) is 6.61 Å².